The number of nitrogens with zero attached hydrogens (tertiary/aromatic N) is 7. The van der Waals surface area contributed by atoms with Gasteiger partial charge in [-0.05, 0) is 80.0 Å². The number of carbonyl (C=O) groups excluding carboxylic acids is 1. The highest BCUT2D eigenvalue weighted by atomic mass is 19.1. The van der Waals surface area contributed by atoms with Crippen molar-refractivity contribution in [3.8, 4) is 17.0 Å². The molecule has 1 N–H and O–H groups in total. The molecule has 3 aromatic carbocycles. The van der Waals surface area contributed by atoms with Crippen LogP contribution in [0.3, 0.4) is 0 Å². The first kappa shape index (κ1) is 33.0. The van der Waals surface area contributed by atoms with E-state index in [9.17, 15) is 9.18 Å². The third kappa shape index (κ3) is 7.11. The molecule has 0 radical (unpaired) electrons. The van der Waals surface area contributed by atoms with Gasteiger partial charge in [-0.15, -0.1) is 0 Å². The van der Waals surface area contributed by atoms with Crippen LogP contribution in [0.2, 0.25) is 0 Å². The Morgan fingerprint density at radius 3 is 2.66 bits per heavy atom. The first-order chi connectivity index (χ1) is 24.5. The highest BCUT2D eigenvalue weighted by molar-refractivity contribution is 5.99. The predicted molar refractivity (Wildman–Crippen MR) is 190 cm³/mol. The van der Waals surface area contributed by atoms with Gasteiger partial charge in [0.1, 0.15) is 23.0 Å². The molecule has 6 aromatic rings. The fourth-order valence-corrected chi connectivity index (χ4v) is 6.93. The third-order valence-corrected chi connectivity index (χ3v) is 9.52. The number of amides is 1. The van der Waals surface area contributed by atoms with E-state index in [1.54, 1.807) is 37.6 Å². The highest BCUT2D eigenvalue weighted by Gasteiger charge is 2.26. The van der Waals surface area contributed by atoms with Gasteiger partial charge in [-0.1, -0.05) is 30.3 Å². The number of imidazole rings is 1. The summed E-state index contributed by atoms with van der Waals surface area (Å²) in [6.07, 6.45) is 5.10. The van der Waals surface area contributed by atoms with E-state index in [-0.39, 0.29) is 17.6 Å². The second kappa shape index (κ2) is 15.0. The van der Waals surface area contributed by atoms with E-state index >= 15 is 0 Å². The zero-order valence-electron chi connectivity index (χ0n) is 28.3. The summed E-state index contributed by atoms with van der Waals surface area (Å²) in [5.74, 6) is 1.84. The van der Waals surface area contributed by atoms with Crippen LogP contribution in [0.1, 0.15) is 40.4 Å². The quantitative estimate of drug-likeness (QED) is 0.167. The molecule has 1 aliphatic rings. The van der Waals surface area contributed by atoms with Crippen molar-refractivity contribution in [2.24, 2.45) is 0 Å². The van der Waals surface area contributed by atoms with E-state index < -0.39 is 0 Å². The van der Waals surface area contributed by atoms with Gasteiger partial charge in [0.15, 0.2) is 0 Å². The molecule has 1 unspecified atom stereocenters. The number of aromatic amines is 1. The van der Waals surface area contributed by atoms with Gasteiger partial charge >= 0.3 is 0 Å². The second-order valence-electron chi connectivity index (χ2n) is 12.7. The number of H-pyrrole nitrogens is 1. The Labute approximate surface area is 290 Å². The Kier molecular flexibility index (Phi) is 9.88. The first-order valence-electron chi connectivity index (χ1n) is 17.0. The Balaban J connectivity index is 1.05. The number of hydrogen-bond donors (Lipinski definition) is 1. The molecule has 3 aromatic heterocycles. The maximum absolute atomic E-state index is 14.0. The lowest BCUT2D eigenvalue weighted by Crippen LogP contribution is -2.35. The summed E-state index contributed by atoms with van der Waals surface area (Å²) in [7, 11) is 3.35. The van der Waals surface area contributed by atoms with Crippen LogP contribution in [0.5, 0.6) is 5.75 Å². The van der Waals surface area contributed by atoms with E-state index in [0.29, 0.717) is 35.7 Å². The van der Waals surface area contributed by atoms with Crippen LogP contribution in [-0.2, 0) is 6.54 Å². The summed E-state index contributed by atoms with van der Waals surface area (Å²) in [6, 6.07) is 24.2. The number of anilines is 1. The summed E-state index contributed by atoms with van der Waals surface area (Å²) < 4.78 is 27.6. The van der Waals surface area contributed by atoms with Crippen molar-refractivity contribution in [3.63, 3.8) is 0 Å². The molecule has 1 amide bonds. The molecule has 50 heavy (non-hydrogen) atoms. The number of nitrogens with one attached hydrogen (secondary N) is 1. The Morgan fingerprint density at radius 1 is 1.02 bits per heavy atom. The van der Waals surface area contributed by atoms with E-state index in [1.165, 1.54) is 12.1 Å². The average Bonchev–Trinajstić information content (AvgIpc) is 3.91. The van der Waals surface area contributed by atoms with Crippen molar-refractivity contribution in [3.05, 3.63) is 114 Å². The van der Waals surface area contributed by atoms with Crippen molar-refractivity contribution in [2.75, 3.05) is 58.3 Å². The number of benzene rings is 3. The fraction of sp³-hybridized carbons (Fsp3) is 0.316. The molecule has 258 valence electrons. The molecule has 0 saturated carbocycles. The number of hydrogen-bond acceptors (Lipinski definition) is 8. The second-order valence-corrected chi connectivity index (χ2v) is 12.7. The van der Waals surface area contributed by atoms with Crippen molar-refractivity contribution in [1.82, 2.24) is 34.8 Å². The molecule has 12 heteroatoms. The zero-order valence-corrected chi connectivity index (χ0v) is 28.3. The van der Waals surface area contributed by atoms with E-state index in [0.717, 1.165) is 73.9 Å². The van der Waals surface area contributed by atoms with Gasteiger partial charge in [0, 0.05) is 44.7 Å². The molecule has 1 atom stereocenters. The van der Waals surface area contributed by atoms with Crippen molar-refractivity contribution >= 4 is 22.9 Å². The van der Waals surface area contributed by atoms with Crippen molar-refractivity contribution < 1.29 is 18.3 Å². The number of furan rings is 1. The normalized spacial score (nSPS) is 14.5. The molecule has 0 aliphatic carbocycles. The molecule has 1 saturated heterocycles. The summed E-state index contributed by atoms with van der Waals surface area (Å²) >= 11 is 0. The lowest BCUT2D eigenvalue weighted by Gasteiger charge is -2.28. The van der Waals surface area contributed by atoms with Crippen LogP contribution >= 0.6 is 0 Å². The predicted octanol–water partition coefficient (Wildman–Crippen LogP) is 6.07. The smallest absolute Gasteiger partial charge is 0.257 e. The molecular weight excluding hydrogens is 635 g/mol. The Morgan fingerprint density at radius 2 is 1.88 bits per heavy atom. The van der Waals surface area contributed by atoms with E-state index in [4.69, 9.17) is 14.1 Å². The van der Waals surface area contributed by atoms with Crippen LogP contribution in [0, 0.1) is 5.82 Å². The number of halogens is 1. The van der Waals surface area contributed by atoms with Gasteiger partial charge in [-0.2, -0.15) is 15.4 Å². The number of methoxy groups -OCH3 is 1. The summed E-state index contributed by atoms with van der Waals surface area (Å²) in [5, 5.41) is 10.7. The Bertz CT molecular complexity index is 2010. The molecule has 0 bridgehead atoms. The number of aromatic nitrogens is 5. The minimum absolute atomic E-state index is 0.00822. The SMILES string of the molecule is COc1c(C(=O)N(C)CC(CCN2CCCN(c3nc4ccccc4n3Cc3ccco3)CC2)c2ccc(F)cc2)cccc1-c1cn[nH]n1. The lowest BCUT2D eigenvalue weighted by atomic mass is 9.94. The van der Waals surface area contributed by atoms with Gasteiger partial charge in [0.05, 0.1) is 42.7 Å². The highest BCUT2D eigenvalue weighted by Crippen LogP contribution is 2.33. The summed E-state index contributed by atoms with van der Waals surface area (Å²) in [4.78, 5) is 25.5. The van der Waals surface area contributed by atoms with Crippen molar-refractivity contribution in [2.45, 2.75) is 25.3 Å². The van der Waals surface area contributed by atoms with Crippen LogP contribution in [0.4, 0.5) is 10.3 Å². The van der Waals surface area contributed by atoms with Gasteiger partial charge in [-0.25, -0.2) is 9.37 Å². The standard InChI is InChI=1S/C38H41FN8O3/c1-44(37(48)32-10-5-9-31(36(32)49-2)34-24-40-43-42-34)25-28(27-13-15-29(39)16-14-27)17-20-45-18-7-19-46(22-21-45)38-41-33-11-3-4-12-35(33)47(38)26-30-8-6-23-50-30/h3-6,8-16,23-24,28H,7,17-22,25-26H2,1-2H3,(H,40,42,43). The minimum Gasteiger partial charge on any atom is -0.495 e. The van der Waals surface area contributed by atoms with Crippen LogP contribution in [-0.4, -0.2) is 94.1 Å². The zero-order chi connectivity index (χ0) is 34.5. The largest absolute Gasteiger partial charge is 0.495 e. The molecule has 7 rings (SSSR count). The van der Waals surface area contributed by atoms with Crippen LogP contribution in [0.15, 0.2) is 95.7 Å². The minimum atomic E-state index is -0.281. The molecule has 0 spiro atoms. The van der Waals surface area contributed by atoms with E-state index in [2.05, 4.69) is 41.9 Å². The number of para-hydroxylation sites is 3. The molecular formula is C38H41FN8O3. The third-order valence-electron chi connectivity index (χ3n) is 9.52. The molecule has 1 aliphatic heterocycles. The fourth-order valence-electron chi connectivity index (χ4n) is 6.93. The first-order valence-corrected chi connectivity index (χ1v) is 17.0. The number of rotatable bonds is 12. The Hall–Kier alpha value is -5.49. The summed E-state index contributed by atoms with van der Waals surface area (Å²) in [5.41, 5.74) is 4.77. The lowest BCUT2D eigenvalue weighted by molar-refractivity contribution is 0.0779. The van der Waals surface area contributed by atoms with Gasteiger partial charge < -0.3 is 28.4 Å². The maximum Gasteiger partial charge on any atom is 0.257 e. The number of likely N-dealkylation sites (N-methyl/N-ethyl adjacent to an activating group) is 1. The maximum atomic E-state index is 14.0. The van der Waals surface area contributed by atoms with Crippen LogP contribution < -0.4 is 9.64 Å². The van der Waals surface area contributed by atoms with E-state index in [1.807, 2.05) is 48.5 Å². The monoisotopic (exact) mass is 676 g/mol. The molecule has 4 heterocycles. The number of carbonyl (C=O) groups is 1. The summed E-state index contributed by atoms with van der Waals surface area (Å²) in [6.45, 7) is 5.47. The van der Waals surface area contributed by atoms with Gasteiger partial charge in [-0.3, -0.25) is 4.79 Å². The number of ether oxygens (including phenoxy) is 1. The molecule has 11 nitrogen and oxygen atoms in total. The average molecular weight is 677 g/mol. The van der Waals surface area contributed by atoms with Gasteiger partial charge in [0.2, 0.25) is 5.95 Å². The number of fused-ring (bicyclic) bond motifs is 1. The van der Waals surface area contributed by atoms with Crippen LogP contribution in [0.25, 0.3) is 22.3 Å². The van der Waals surface area contributed by atoms with Gasteiger partial charge in [0.25, 0.3) is 5.91 Å². The van der Waals surface area contributed by atoms with Crippen molar-refractivity contribution in [1.29, 1.82) is 0 Å². The molecule has 1 fully saturated rings. The topological polar surface area (TPSA) is 109 Å².